The second kappa shape index (κ2) is 6.41. The van der Waals surface area contributed by atoms with E-state index in [1.807, 2.05) is 12.1 Å². The standard InChI is InChI=1S/C14H21NO2.ClH/c1-14(2)9-15-13(17-10-14)8-11-5-4-6-12(7-11)16-3;/h4-7,13,15H,8-10H2,1-3H3;1H. The van der Waals surface area contributed by atoms with Gasteiger partial charge in [0.15, 0.2) is 0 Å². The lowest BCUT2D eigenvalue weighted by molar-refractivity contribution is -0.0566. The van der Waals surface area contributed by atoms with Gasteiger partial charge in [0.2, 0.25) is 0 Å². The van der Waals surface area contributed by atoms with Crippen LogP contribution in [0.3, 0.4) is 0 Å². The van der Waals surface area contributed by atoms with Crippen molar-refractivity contribution in [2.45, 2.75) is 26.5 Å². The van der Waals surface area contributed by atoms with Crippen molar-refractivity contribution in [3.8, 4) is 5.75 Å². The molecule has 102 valence electrons. The van der Waals surface area contributed by atoms with Gasteiger partial charge in [-0.2, -0.15) is 0 Å². The molecule has 3 nitrogen and oxygen atoms in total. The van der Waals surface area contributed by atoms with E-state index >= 15 is 0 Å². The van der Waals surface area contributed by atoms with Crippen molar-refractivity contribution in [2.24, 2.45) is 5.41 Å². The van der Waals surface area contributed by atoms with Crippen LogP contribution < -0.4 is 10.1 Å². The molecule has 1 N–H and O–H groups in total. The Hall–Kier alpha value is -0.770. The summed E-state index contributed by atoms with van der Waals surface area (Å²) in [5, 5.41) is 3.43. The minimum absolute atomic E-state index is 0. The maximum absolute atomic E-state index is 5.82. The smallest absolute Gasteiger partial charge is 0.119 e. The number of rotatable bonds is 3. The summed E-state index contributed by atoms with van der Waals surface area (Å²) < 4.78 is 11.0. The Morgan fingerprint density at radius 2 is 2.22 bits per heavy atom. The molecule has 1 aliphatic rings. The molecular weight excluding hydrogens is 250 g/mol. The Morgan fingerprint density at radius 3 is 2.83 bits per heavy atom. The highest BCUT2D eigenvalue weighted by molar-refractivity contribution is 5.85. The molecule has 0 aliphatic carbocycles. The summed E-state index contributed by atoms with van der Waals surface area (Å²) in [7, 11) is 1.69. The third kappa shape index (κ3) is 4.16. The minimum Gasteiger partial charge on any atom is -0.497 e. The zero-order valence-corrected chi connectivity index (χ0v) is 12.0. The largest absolute Gasteiger partial charge is 0.497 e. The summed E-state index contributed by atoms with van der Waals surface area (Å²) in [5.41, 5.74) is 1.48. The van der Waals surface area contributed by atoms with Crippen LogP contribution >= 0.6 is 12.4 Å². The number of hydrogen-bond acceptors (Lipinski definition) is 3. The summed E-state index contributed by atoms with van der Waals surface area (Å²) >= 11 is 0. The zero-order valence-electron chi connectivity index (χ0n) is 11.2. The molecular formula is C14H22ClNO2. The second-order valence-electron chi connectivity index (χ2n) is 5.40. The Morgan fingerprint density at radius 1 is 1.44 bits per heavy atom. The highest BCUT2D eigenvalue weighted by atomic mass is 35.5. The monoisotopic (exact) mass is 271 g/mol. The molecule has 2 rings (SSSR count). The molecule has 4 heteroatoms. The average molecular weight is 272 g/mol. The molecule has 0 aromatic heterocycles. The molecule has 1 aromatic rings. The molecule has 0 amide bonds. The summed E-state index contributed by atoms with van der Waals surface area (Å²) in [5.74, 6) is 0.902. The van der Waals surface area contributed by atoms with Crippen molar-refractivity contribution in [3.05, 3.63) is 29.8 Å². The van der Waals surface area contributed by atoms with Gasteiger partial charge >= 0.3 is 0 Å². The number of benzene rings is 1. The zero-order chi connectivity index (χ0) is 12.3. The van der Waals surface area contributed by atoms with Crippen LogP contribution in [0.2, 0.25) is 0 Å². The molecule has 0 bridgehead atoms. The minimum atomic E-state index is 0. The lowest BCUT2D eigenvalue weighted by atomic mass is 9.93. The van der Waals surface area contributed by atoms with E-state index in [-0.39, 0.29) is 24.0 Å². The summed E-state index contributed by atoms with van der Waals surface area (Å²) in [6, 6.07) is 8.14. The van der Waals surface area contributed by atoms with E-state index in [0.29, 0.717) is 0 Å². The van der Waals surface area contributed by atoms with E-state index < -0.39 is 0 Å². The summed E-state index contributed by atoms with van der Waals surface area (Å²) in [4.78, 5) is 0. The van der Waals surface area contributed by atoms with E-state index in [2.05, 4.69) is 31.3 Å². The molecule has 0 radical (unpaired) electrons. The molecule has 1 saturated heterocycles. The Kier molecular flexibility index (Phi) is 5.45. The SMILES string of the molecule is COc1cccc(CC2NCC(C)(C)CO2)c1.Cl. The topological polar surface area (TPSA) is 30.5 Å². The molecule has 1 unspecified atom stereocenters. The van der Waals surface area contributed by atoms with E-state index in [4.69, 9.17) is 9.47 Å². The van der Waals surface area contributed by atoms with Gasteiger partial charge in [0, 0.05) is 18.4 Å². The molecule has 0 spiro atoms. The van der Waals surface area contributed by atoms with Gasteiger partial charge < -0.3 is 9.47 Å². The first kappa shape index (κ1) is 15.3. The van der Waals surface area contributed by atoms with Gasteiger partial charge in [-0.05, 0) is 17.7 Å². The van der Waals surface area contributed by atoms with Crippen molar-refractivity contribution < 1.29 is 9.47 Å². The van der Waals surface area contributed by atoms with Crippen LogP contribution in [0.4, 0.5) is 0 Å². The van der Waals surface area contributed by atoms with E-state index in [9.17, 15) is 0 Å². The third-order valence-corrected chi connectivity index (χ3v) is 3.04. The molecule has 18 heavy (non-hydrogen) atoms. The average Bonchev–Trinajstić information content (AvgIpc) is 2.32. The van der Waals surface area contributed by atoms with Gasteiger partial charge in [0.05, 0.1) is 13.7 Å². The molecule has 1 fully saturated rings. The molecule has 1 aromatic carbocycles. The highest BCUT2D eigenvalue weighted by Gasteiger charge is 2.26. The van der Waals surface area contributed by atoms with Crippen LogP contribution in [0.5, 0.6) is 5.75 Å². The second-order valence-corrected chi connectivity index (χ2v) is 5.40. The number of nitrogens with one attached hydrogen (secondary N) is 1. The van der Waals surface area contributed by atoms with Gasteiger partial charge in [-0.25, -0.2) is 0 Å². The number of ether oxygens (including phenoxy) is 2. The van der Waals surface area contributed by atoms with Gasteiger partial charge in [-0.1, -0.05) is 26.0 Å². The lowest BCUT2D eigenvalue weighted by Gasteiger charge is -2.35. The van der Waals surface area contributed by atoms with Crippen LogP contribution in [0.1, 0.15) is 19.4 Å². The fourth-order valence-corrected chi connectivity index (χ4v) is 1.97. The number of methoxy groups -OCH3 is 1. The first-order chi connectivity index (χ1) is 8.09. The van der Waals surface area contributed by atoms with Crippen molar-refractivity contribution >= 4 is 12.4 Å². The molecule has 0 saturated carbocycles. The van der Waals surface area contributed by atoms with Crippen LogP contribution in [0.25, 0.3) is 0 Å². The lowest BCUT2D eigenvalue weighted by Crippen LogP contribution is -2.48. The van der Waals surface area contributed by atoms with Crippen molar-refractivity contribution in [2.75, 3.05) is 20.3 Å². The fraction of sp³-hybridized carbons (Fsp3) is 0.571. The number of halogens is 1. The first-order valence-corrected chi connectivity index (χ1v) is 6.07. The maximum Gasteiger partial charge on any atom is 0.119 e. The van der Waals surface area contributed by atoms with Gasteiger partial charge in [0.25, 0.3) is 0 Å². The highest BCUT2D eigenvalue weighted by Crippen LogP contribution is 2.21. The Balaban J connectivity index is 0.00000162. The Labute approximate surface area is 115 Å². The van der Waals surface area contributed by atoms with Crippen molar-refractivity contribution in [1.82, 2.24) is 5.32 Å². The van der Waals surface area contributed by atoms with Gasteiger partial charge in [-0.3, -0.25) is 5.32 Å². The predicted molar refractivity (Wildman–Crippen MR) is 75.5 cm³/mol. The van der Waals surface area contributed by atoms with Crippen molar-refractivity contribution in [3.63, 3.8) is 0 Å². The summed E-state index contributed by atoms with van der Waals surface area (Å²) in [6.07, 6.45) is 1.00. The van der Waals surface area contributed by atoms with Crippen LogP contribution in [0.15, 0.2) is 24.3 Å². The quantitative estimate of drug-likeness (QED) is 0.917. The first-order valence-electron chi connectivity index (χ1n) is 6.07. The van der Waals surface area contributed by atoms with Crippen LogP contribution in [-0.2, 0) is 11.2 Å². The fourth-order valence-electron chi connectivity index (χ4n) is 1.97. The maximum atomic E-state index is 5.82. The molecule has 1 aliphatic heterocycles. The van der Waals surface area contributed by atoms with E-state index in [0.717, 1.165) is 25.3 Å². The van der Waals surface area contributed by atoms with Crippen LogP contribution in [-0.4, -0.2) is 26.5 Å². The Bertz CT molecular complexity index is 372. The van der Waals surface area contributed by atoms with E-state index in [1.165, 1.54) is 5.56 Å². The molecule has 1 atom stereocenters. The molecule has 1 heterocycles. The number of hydrogen-bond donors (Lipinski definition) is 1. The van der Waals surface area contributed by atoms with Crippen LogP contribution in [0, 0.1) is 5.41 Å². The van der Waals surface area contributed by atoms with E-state index in [1.54, 1.807) is 7.11 Å². The van der Waals surface area contributed by atoms with Crippen molar-refractivity contribution in [1.29, 1.82) is 0 Å². The summed E-state index contributed by atoms with van der Waals surface area (Å²) in [6.45, 7) is 6.24. The van der Waals surface area contributed by atoms with Gasteiger partial charge in [-0.15, -0.1) is 12.4 Å². The third-order valence-electron chi connectivity index (χ3n) is 3.04. The van der Waals surface area contributed by atoms with Gasteiger partial charge in [0.1, 0.15) is 12.0 Å². The normalized spacial score (nSPS) is 22.1. The predicted octanol–water partition coefficient (Wildman–Crippen LogP) is 2.63.